The molecule has 1 fully saturated rings. The number of ether oxygens (including phenoxy) is 1. The van der Waals surface area contributed by atoms with E-state index in [1.807, 2.05) is 24.8 Å². The molecule has 2 aliphatic rings. The van der Waals surface area contributed by atoms with Gasteiger partial charge in [0.1, 0.15) is 17.5 Å². The standard InChI is InChI=1S/C27H27ClF2N4O3S/c1-5-22(35)32-6-7-33(15(3)11-32)26-18-8-14(2)23(17-9-19(28)21(30)10-20(17)29)25-24(18)34(27(36)31-26)12-16(37-4)13-38-25/h5,8-10,15-16H,1,6-7,11-13H2,2-4H3/t15-,16+/m0/s1. The van der Waals surface area contributed by atoms with Crippen LogP contribution in [0.25, 0.3) is 22.0 Å². The van der Waals surface area contributed by atoms with Crippen LogP contribution in [0.15, 0.2) is 40.5 Å². The second-order valence-corrected chi connectivity index (χ2v) is 11.0. The Balaban J connectivity index is 1.76. The maximum atomic E-state index is 15.1. The number of halogens is 3. The largest absolute Gasteiger partial charge is 0.379 e. The highest BCUT2D eigenvalue weighted by Crippen LogP contribution is 2.45. The molecule has 0 aliphatic carbocycles. The molecule has 5 rings (SSSR count). The number of anilines is 1. The van der Waals surface area contributed by atoms with E-state index < -0.39 is 17.3 Å². The molecule has 1 saturated heterocycles. The lowest BCUT2D eigenvalue weighted by Gasteiger charge is -2.40. The maximum absolute atomic E-state index is 15.1. The first-order chi connectivity index (χ1) is 18.1. The fraction of sp³-hybridized carbons (Fsp3) is 0.370. The van der Waals surface area contributed by atoms with Gasteiger partial charge in [-0.3, -0.25) is 9.36 Å². The number of hydrogen-bond acceptors (Lipinski definition) is 6. The van der Waals surface area contributed by atoms with Crippen LogP contribution in [-0.2, 0) is 16.1 Å². The molecule has 3 heterocycles. The highest BCUT2D eigenvalue weighted by molar-refractivity contribution is 7.99. The van der Waals surface area contributed by atoms with Crippen LogP contribution in [0, 0.1) is 18.6 Å². The summed E-state index contributed by atoms with van der Waals surface area (Å²) < 4.78 is 36.4. The fourth-order valence-electron chi connectivity index (χ4n) is 5.28. The van der Waals surface area contributed by atoms with Crippen molar-refractivity contribution in [3.8, 4) is 11.1 Å². The zero-order chi connectivity index (χ0) is 27.3. The lowest BCUT2D eigenvalue weighted by molar-refractivity contribution is -0.126. The first kappa shape index (κ1) is 26.6. The number of hydrogen-bond donors (Lipinski definition) is 0. The Kier molecular flexibility index (Phi) is 7.23. The van der Waals surface area contributed by atoms with E-state index in [-0.39, 0.29) is 35.2 Å². The Morgan fingerprint density at radius 2 is 2.00 bits per heavy atom. The Labute approximate surface area is 228 Å². The molecular weight excluding hydrogens is 534 g/mol. The molecular formula is C27H27ClF2N4O3S. The van der Waals surface area contributed by atoms with Gasteiger partial charge < -0.3 is 14.5 Å². The van der Waals surface area contributed by atoms with Gasteiger partial charge in [0.25, 0.3) is 0 Å². The highest BCUT2D eigenvalue weighted by atomic mass is 35.5. The number of aryl methyl sites for hydroxylation is 1. The van der Waals surface area contributed by atoms with E-state index in [2.05, 4.69) is 11.6 Å². The minimum atomic E-state index is -0.837. The quantitative estimate of drug-likeness (QED) is 0.342. The number of piperazine rings is 1. The second-order valence-electron chi connectivity index (χ2n) is 9.57. The number of carbonyl (C=O) groups excluding carboxylic acids is 1. The number of amides is 1. The summed E-state index contributed by atoms with van der Waals surface area (Å²) in [6.07, 6.45) is 1.02. The van der Waals surface area contributed by atoms with Crippen LogP contribution < -0.4 is 10.6 Å². The third-order valence-corrected chi connectivity index (χ3v) is 8.71. The Morgan fingerprint density at radius 1 is 1.24 bits per heavy atom. The van der Waals surface area contributed by atoms with Gasteiger partial charge in [0.05, 0.1) is 23.2 Å². The summed E-state index contributed by atoms with van der Waals surface area (Å²) in [5.74, 6) is -0.674. The number of rotatable bonds is 4. The number of benzene rings is 2. The number of carbonyl (C=O) groups is 1. The van der Waals surface area contributed by atoms with Crippen molar-refractivity contribution in [1.82, 2.24) is 14.5 Å². The van der Waals surface area contributed by atoms with Gasteiger partial charge >= 0.3 is 5.69 Å². The van der Waals surface area contributed by atoms with Crippen molar-refractivity contribution in [2.45, 2.75) is 37.4 Å². The van der Waals surface area contributed by atoms with Crippen LogP contribution in [0.5, 0.6) is 0 Å². The van der Waals surface area contributed by atoms with Crippen molar-refractivity contribution < 1.29 is 18.3 Å². The van der Waals surface area contributed by atoms with Crippen LogP contribution in [0.4, 0.5) is 14.6 Å². The van der Waals surface area contributed by atoms with Crippen molar-refractivity contribution in [2.75, 3.05) is 37.4 Å². The Morgan fingerprint density at radius 3 is 2.68 bits per heavy atom. The van der Waals surface area contributed by atoms with Gasteiger partial charge in [-0.15, -0.1) is 11.8 Å². The van der Waals surface area contributed by atoms with E-state index in [1.165, 1.54) is 23.9 Å². The molecule has 38 heavy (non-hydrogen) atoms. The number of nitrogens with zero attached hydrogens (tertiary/aromatic N) is 4. The van der Waals surface area contributed by atoms with Crippen LogP contribution in [0.3, 0.4) is 0 Å². The fourth-order valence-corrected chi connectivity index (χ4v) is 6.81. The number of aromatic nitrogens is 2. The summed E-state index contributed by atoms with van der Waals surface area (Å²) in [7, 11) is 1.59. The van der Waals surface area contributed by atoms with E-state index in [1.54, 1.807) is 16.6 Å². The van der Waals surface area contributed by atoms with Gasteiger partial charge in [0.2, 0.25) is 5.91 Å². The monoisotopic (exact) mass is 560 g/mol. The Bertz CT molecular complexity index is 1530. The molecule has 0 spiro atoms. The molecule has 7 nitrogen and oxygen atoms in total. The summed E-state index contributed by atoms with van der Waals surface area (Å²) in [6, 6.07) is 3.85. The van der Waals surface area contributed by atoms with Crippen LogP contribution >= 0.6 is 23.4 Å². The molecule has 0 N–H and O–H groups in total. The lowest BCUT2D eigenvalue weighted by atomic mass is 9.97. The summed E-state index contributed by atoms with van der Waals surface area (Å²) in [5.41, 5.74) is 1.64. The molecule has 3 aromatic rings. The second kappa shape index (κ2) is 10.3. The minimum absolute atomic E-state index is 0.111. The van der Waals surface area contributed by atoms with Gasteiger partial charge in [-0.1, -0.05) is 18.2 Å². The first-order valence-electron chi connectivity index (χ1n) is 12.2. The summed E-state index contributed by atoms with van der Waals surface area (Å²) in [4.78, 5) is 34.6. The molecule has 2 atom stereocenters. The van der Waals surface area contributed by atoms with Crippen molar-refractivity contribution in [1.29, 1.82) is 0 Å². The Hall–Kier alpha value is -2.95. The smallest absolute Gasteiger partial charge is 0.350 e. The molecule has 0 bridgehead atoms. The molecule has 1 aromatic heterocycles. The molecule has 0 saturated carbocycles. The molecule has 2 aromatic carbocycles. The number of methoxy groups -OCH3 is 1. The molecule has 200 valence electrons. The summed E-state index contributed by atoms with van der Waals surface area (Å²) in [6.45, 7) is 9.10. The maximum Gasteiger partial charge on any atom is 0.350 e. The molecule has 1 amide bonds. The van der Waals surface area contributed by atoms with Crippen LogP contribution in [0.2, 0.25) is 5.02 Å². The van der Waals surface area contributed by atoms with Crippen molar-refractivity contribution in [3.63, 3.8) is 0 Å². The van der Waals surface area contributed by atoms with Crippen LogP contribution in [-0.4, -0.2) is 65.0 Å². The van der Waals surface area contributed by atoms with Gasteiger partial charge in [-0.05, 0) is 37.6 Å². The van der Waals surface area contributed by atoms with Crippen molar-refractivity contribution in [2.24, 2.45) is 0 Å². The minimum Gasteiger partial charge on any atom is -0.379 e. The lowest BCUT2D eigenvalue weighted by Crippen LogP contribution is -2.54. The van der Waals surface area contributed by atoms with Gasteiger partial charge in [0, 0.05) is 66.0 Å². The van der Waals surface area contributed by atoms with Crippen molar-refractivity contribution >= 4 is 46.0 Å². The van der Waals surface area contributed by atoms with E-state index in [0.29, 0.717) is 47.2 Å². The van der Waals surface area contributed by atoms with E-state index in [0.717, 1.165) is 17.0 Å². The predicted molar refractivity (Wildman–Crippen MR) is 146 cm³/mol. The zero-order valence-corrected chi connectivity index (χ0v) is 22.8. The molecule has 0 radical (unpaired) electrons. The van der Waals surface area contributed by atoms with Gasteiger partial charge in [-0.2, -0.15) is 4.98 Å². The zero-order valence-electron chi connectivity index (χ0n) is 21.3. The van der Waals surface area contributed by atoms with Gasteiger partial charge in [0.15, 0.2) is 0 Å². The third-order valence-electron chi connectivity index (χ3n) is 7.19. The average Bonchev–Trinajstić information content (AvgIpc) is 3.09. The van der Waals surface area contributed by atoms with E-state index in [4.69, 9.17) is 16.3 Å². The normalized spacial score (nSPS) is 19.5. The molecule has 2 aliphatic heterocycles. The first-order valence-corrected chi connectivity index (χ1v) is 13.6. The third kappa shape index (κ3) is 4.48. The molecule has 0 unspecified atom stereocenters. The topological polar surface area (TPSA) is 67.7 Å². The van der Waals surface area contributed by atoms with E-state index >= 15 is 4.39 Å². The van der Waals surface area contributed by atoms with Crippen LogP contribution in [0.1, 0.15) is 12.5 Å². The predicted octanol–water partition coefficient (Wildman–Crippen LogP) is 4.65. The average molecular weight is 561 g/mol. The highest BCUT2D eigenvalue weighted by Gasteiger charge is 2.32. The van der Waals surface area contributed by atoms with E-state index in [9.17, 15) is 14.0 Å². The summed E-state index contributed by atoms with van der Waals surface area (Å²) >= 11 is 7.53. The van der Waals surface area contributed by atoms with Crippen molar-refractivity contribution in [3.05, 3.63) is 63.6 Å². The van der Waals surface area contributed by atoms with Gasteiger partial charge in [-0.25, -0.2) is 13.6 Å². The number of thioether (sulfide) groups is 1. The molecule has 11 heteroatoms. The SMILES string of the molecule is C=CC(=O)N1CCN(c2nc(=O)n3c4c(c(-c5cc(Cl)c(F)cc5F)c(C)cc24)SC[C@H](OC)C3)[C@@H](C)C1. The summed E-state index contributed by atoms with van der Waals surface area (Å²) in [5, 5.41) is 0.559.